The molecule has 0 aliphatic rings. The number of nitrogens with one attached hydrogen (secondary N) is 1. The van der Waals surface area contributed by atoms with Gasteiger partial charge in [0.25, 0.3) is 11.8 Å². The van der Waals surface area contributed by atoms with E-state index in [0.29, 0.717) is 5.56 Å². The lowest BCUT2D eigenvalue weighted by molar-refractivity contribution is -0.154. The molecule has 0 aliphatic heterocycles. The van der Waals surface area contributed by atoms with Gasteiger partial charge in [-0.2, -0.15) is 0 Å². The zero-order valence-corrected chi connectivity index (χ0v) is 17.8. The maximum atomic E-state index is 13.7. The summed E-state index contributed by atoms with van der Waals surface area (Å²) in [6.45, 7) is 3.00. The van der Waals surface area contributed by atoms with Gasteiger partial charge in [-0.25, -0.2) is 9.18 Å². The molecule has 0 aromatic heterocycles. The number of hydrogen-bond acceptors (Lipinski definition) is 4. The number of ether oxygens (including phenoxy) is 1. The number of benzene rings is 2. The molecule has 1 N–H and O–H groups in total. The van der Waals surface area contributed by atoms with Gasteiger partial charge in [-0.15, -0.1) is 0 Å². The van der Waals surface area contributed by atoms with Crippen molar-refractivity contribution >= 4 is 29.4 Å². The molecule has 0 radical (unpaired) electrons. The highest BCUT2D eigenvalue weighted by Gasteiger charge is 2.27. The minimum Gasteiger partial charge on any atom is -0.454 e. The van der Waals surface area contributed by atoms with Crippen LogP contribution >= 0.6 is 11.6 Å². The van der Waals surface area contributed by atoms with Gasteiger partial charge >= 0.3 is 5.97 Å². The second-order valence-corrected chi connectivity index (χ2v) is 7.53. The van der Waals surface area contributed by atoms with E-state index in [2.05, 4.69) is 5.32 Å². The van der Waals surface area contributed by atoms with Crippen LogP contribution in [0.5, 0.6) is 0 Å². The van der Waals surface area contributed by atoms with E-state index in [4.69, 9.17) is 16.3 Å². The molecule has 8 heteroatoms. The van der Waals surface area contributed by atoms with E-state index in [1.54, 1.807) is 56.3 Å². The molecule has 2 aromatic carbocycles. The number of nitrogens with zero attached hydrogens (tertiary/aromatic N) is 1. The van der Waals surface area contributed by atoms with Gasteiger partial charge in [0.15, 0.2) is 6.61 Å². The van der Waals surface area contributed by atoms with Crippen LogP contribution in [-0.4, -0.2) is 42.4 Å². The van der Waals surface area contributed by atoms with Gasteiger partial charge in [0.2, 0.25) is 0 Å². The molecule has 0 spiro atoms. The van der Waals surface area contributed by atoms with Crippen molar-refractivity contribution in [2.75, 3.05) is 13.7 Å². The fourth-order valence-electron chi connectivity index (χ4n) is 2.67. The number of amides is 2. The van der Waals surface area contributed by atoms with Crippen LogP contribution in [-0.2, 0) is 20.9 Å². The molecule has 0 unspecified atom stereocenters. The average molecular weight is 435 g/mol. The normalized spacial score (nSPS) is 11.7. The lowest BCUT2D eigenvalue weighted by atomic mass is 10.0. The van der Waals surface area contributed by atoms with Gasteiger partial charge in [-0.1, -0.05) is 55.8 Å². The summed E-state index contributed by atoms with van der Waals surface area (Å²) in [5, 5.41) is 2.86. The topological polar surface area (TPSA) is 75.7 Å². The Balaban J connectivity index is 1.94. The molecule has 0 saturated carbocycles. The van der Waals surface area contributed by atoms with Crippen molar-refractivity contribution in [3.05, 3.63) is 70.5 Å². The molecule has 0 fully saturated rings. The molecule has 30 heavy (non-hydrogen) atoms. The minimum absolute atomic E-state index is 0.0416. The lowest BCUT2D eigenvalue weighted by Gasteiger charge is -2.22. The third-order valence-corrected chi connectivity index (χ3v) is 4.78. The maximum Gasteiger partial charge on any atom is 0.329 e. The van der Waals surface area contributed by atoms with Crippen LogP contribution in [0.15, 0.2) is 48.5 Å². The molecule has 1 atom stereocenters. The predicted octanol–water partition coefficient (Wildman–Crippen LogP) is 3.44. The van der Waals surface area contributed by atoms with Crippen LogP contribution < -0.4 is 5.32 Å². The fourth-order valence-corrected chi connectivity index (χ4v) is 2.89. The second-order valence-electron chi connectivity index (χ2n) is 7.12. The Hall–Kier alpha value is -2.93. The van der Waals surface area contributed by atoms with Crippen LogP contribution in [0, 0.1) is 11.7 Å². The van der Waals surface area contributed by atoms with Gasteiger partial charge in [-0.3, -0.25) is 9.59 Å². The molecule has 0 saturated heterocycles. The van der Waals surface area contributed by atoms with E-state index >= 15 is 0 Å². The summed E-state index contributed by atoms with van der Waals surface area (Å²) in [5.41, 5.74) is 0.588. The SMILES string of the molecule is CC(C)[C@H](NC(=O)c1ccccc1Cl)C(=O)OCC(=O)N(C)Cc1ccccc1F. The van der Waals surface area contributed by atoms with Crippen LogP contribution in [0.3, 0.4) is 0 Å². The Morgan fingerprint density at radius 1 is 1.10 bits per heavy atom. The van der Waals surface area contributed by atoms with Gasteiger partial charge in [0.05, 0.1) is 10.6 Å². The van der Waals surface area contributed by atoms with Crippen molar-refractivity contribution in [3.63, 3.8) is 0 Å². The number of hydrogen-bond donors (Lipinski definition) is 1. The fraction of sp³-hybridized carbons (Fsp3) is 0.318. The van der Waals surface area contributed by atoms with Crippen molar-refractivity contribution in [3.8, 4) is 0 Å². The van der Waals surface area contributed by atoms with Gasteiger partial charge < -0.3 is 15.0 Å². The predicted molar refractivity (Wildman–Crippen MR) is 111 cm³/mol. The van der Waals surface area contributed by atoms with E-state index in [9.17, 15) is 18.8 Å². The zero-order valence-electron chi connectivity index (χ0n) is 17.0. The Morgan fingerprint density at radius 3 is 2.37 bits per heavy atom. The summed E-state index contributed by atoms with van der Waals surface area (Å²) in [6.07, 6.45) is 0. The van der Waals surface area contributed by atoms with Crippen LogP contribution in [0.25, 0.3) is 0 Å². The van der Waals surface area contributed by atoms with Crippen molar-refractivity contribution in [1.29, 1.82) is 0 Å². The highest BCUT2D eigenvalue weighted by Crippen LogP contribution is 2.16. The number of likely N-dealkylation sites (N-methyl/N-ethyl adjacent to an activating group) is 1. The highest BCUT2D eigenvalue weighted by molar-refractivity contribution is 6.33. The summed E-state index contributed by atoms with van der Waals surface area (Å²) < 4.78 is 18.9. The maximum absolute atomic E-state index is 13.7. The summed E-state index contributed by atoms with van der Waals surface area (Å²) in [5.74, 6) is -2.45. The van der Waals surface area contributed by atoms with Crippen molar-refractivity contribution in [1.82, 2.24) is 10.2 Å². The third-order valence-electron chi connectivity index (χ3n) is 4.45. The van der Waals surface area contributed by atoms with Crippen molar-refractivity contribution in [2.45, 2.75) is 26.4 Å². The van der Waals surface area contributed by atoms with Gasteiger partial charge in [-0.05, 0) is 24.1 Å². The number of esters is 1. The Kier molecular flexibility index (Phi) is 8.35. The average Bonchev–Trinajstić information content (AvgIpc) is 2.71. The molecular weight excluding hydrogens is 411 g/mol. The summed E-state index contributed by atoms with van der Waals surface area (Å²) >= 11 is 6.02. The van der Waals surface area contributed by atoms with E-state index in [1.807, 2.05) is 0 Å². The highest BCUT2D eigenvalue weighted by atomic mass is 35.5. The van der Waals surface area contributed by atoms with E-state index < -0.39 is 36.2 Å². The second kappa shape index (κ2) is 10.7. The molecule has 2 aromatic rings. The van der Waals surface area contributed by atoms with Gasteiger partial charge in [0.1, 0.15) is 11.9 Å². The Bertz CT molecular complexity index is 920. The molecule has 6 nitrogen and oxygen atoms in total. The van der Waals surface area contributed by atoms with Crippen LogP contribution in [0.1, 0.15) is 29.8 Å². The van der Waals surface area contributed by atoms with E-state index in [0.717, 1.165) is 0 Å². The first-order chi connectivity index (χ1) is 14.2. The minimum atomic E-state index is -0.960. The lowest BCUT2D eigenvalue weighted by Crippen LogP contribution is -2.46. The van der Waals surface area contributed by atoms with Crippen LogP contribution in [0.2, 0.25) is 5.02 Å². The van der Waals surface area contributed by atoms with E-state index in [-0.39, 0.29) is 23.0 Å². The number of halogens is 2. The first kappa shape index (κ1) is 23.3. The first-order valence-electron chi connectivity index (χ1n) is 9.40. The molecule has 2 amide bonds. The Labute approximate surface area is 180 Å². The molecule has 0 heterocycles. The standard InChI is InChI=1S/C22H24ClFN2O4/c1-14(2)20(25-21(28)16-9-5-6-10-17(16)23)22(29)30-13-19(27)26(3)12-15-8-4-7-11-18(15)24/h4-11,14,20H,12-13H2,1-3H3,(H,25,28)/t20-/m0/s1. The molecule has 2 rings (SSSR count). The molecule has 0 aliphatic carbocycles. The first-order valence-corrected chi connectivity index (χ1v) is 9.78. The number of carbonyl (C=O) groups is 3. The molecular formula is C22H24ClFN2O4. The number of rotatable bonds is 8. The quantitative estimate of drug-likeness (QED) is 0.646. The van der Waals surface area contributed by atoms with Crippen molar-refractivity contribution in [2.24, 2.45) is 5.92 Å². The van der Waals surface area contributed by atoms with E-state index in [1.165, 1.54) is 18.0 Å². The molecule has 160 valence electrons. The van der Waals surface area contributed by atoms with Gasteiger partial charge in [0, 0.05) is 19.2 Å². The van der Waals surface area contributed by atoms with Crippen molar-refractivity contribution < 1.29 is 23.5 Å². The zero-order chi connectivity index (χ0) is 22.3. The Morgan fingerprint density at radius 2 is 1.73 bits per heavy atom. The largest absolute Gasteiger partial charge is 0.454 e. The number of carbonyl (C=O) groups excluding carboxylic acids is 3. The molecule has 0 bridgehead atoms. The summed E-state index contributed by atoms with van der Waals surface area (Å²) in [6, 6.07) is 11.6. The summed E-state index contributed by atoms with van der Waals surface area (Å²) in [4.78, 5) is 38.5. The smallest absolute Gasteiger partial charge is 0.329 e. The third kappa shape index (κ3) is 6.29. The monoisotopic (exact) mass is 434 g/mol. The van der Waals surface area contributed by atoms with Crippen LogP contribution in [0.4, 0.5) is 4.39 Å². The summed E-state index contributed by atoms with van der Waals surface area (Å²) in [7, 11) is 1.49.